The van der Waals surface area contributed by atoms with Crippen molar-refractivity contribution in [1.29, 1.82) is 0 Å². The lowest BCUT2D eigenvalue weighted by Crippen LogP contribution is -2.15. The third-order valence-corrected chi connectivity index (χ3v) is 2.70. The minimum absolute atomic E-state index is 0.288. The molecule has 15 heavy (non-hydrogen) atoms. The quantitative estimate of drug-likeness (QED) is 0.807. The van der Waals surface area contributed by atoms with Crippen molar-refractivity contribution in [3.8, 4) is 0 Å². The molecule has 2 aromatic carbocycles. The van der Waals surface area contributed by atoms with Gasteiger partial charge in [-0.1, -0.05) is 42.5 Å². The molecule has 0 aliphatic carbocycles. The molecule has 1 heteroatoms. The highest BCUT2D eigenvalue weighted by Gasteiger charge is 1.98. The molecule has 0 saturated carbocycles. The summed E-state index contributed by atoms with van der Waals surface area (Å²) in [5, 5.41) is 2.63. The van der Waals surface area contributed by atoms with Gasteiger partial charge >= 0.3 is 0 Å². The zero-order valence-electron chi connectivity index (χ0n) is 9.11. The number of hydrogen-bond donors (Lipinski definition) is 1. The van der Waals surface area contributed by atoms with E-state index in [4.69, 9.17) is 5.73 Å². The fourth-order valence-electron chi connectivity index (χ4n) is 1.79. The van der Waals surface area contributed by atoms with Gasteiger partial charge in [0.2, 0.25) is 0 Å². The summed E-state index contributed by atoms with van der Waals surface area (Å²) >= 11 is 0. The van der Waals surface area contributed by atoms with E-state index in [0.717, 1.165) is 12.8 Å². The lowest BCUT2D eigenvalue weighted by molar-refractivity contribution is 0.666. The second-order valence-corrected chi connectivity index (χ2v) is 4.20. The summed E-state index contributed by atoms with van der Waals surface area (Å²) in [5.74, 6) is 0. The number of benzene rings is 2. The summed E-state index contributed by atoms with van der Waals surface area (Å²) in [6.45, 7) is 2.06. The van der Waals surface area contributed by atoms with Crippen molar-refractivity contribution >= 4 is 10.8 Å². The largest absolute Gasteiger partial charge is 0.328 e. The predicted molar refractivity (Wildman–Crippen MR) is 65.9 cm³/mol. The third-order valence-electron chi connectivity index (χ3n) is 2.70. The second-order valence-electron chi connectivity index (χ2n) is 4.20. The fraction of sp³-hybridized carbons (Fsp3) is 0.286. The number of rotatable bonds is 3. The summed E-state index contributed by atoms with van der Waals surface area (Å²) < 4.78 is 0. The molecule has 0 heterocycles. The molecule has 0 amide bonds. The average Bonchev–Trinajstić information content (AvgIpc) is 2.26. The van der Waals surface area contributed by atoms with Crippen LogP contribution in [0, 0.1) is 0 Å². The van der Waals surface area contributed by atoms with Crippen LogP contribution >= 0.6 is 0 Å². The van der Waals surface area contributed by atoms with Crippen LogP contribution in [-0.2, 0) is 6.42 Å². The lowest BCUT2D eigenvalue weighted by atomic mass is 10.0. The maximum atomic E-state index is 5.75. The van der Waals surface area contributed by atoms with Gasteiger partial charge in [0.05, 0.1) is 0 Å². The van der Waals surface area contributed by atoms with Crippen molar-refractivity contribution in [3.05, 3.63) is 48.0 Å². The van der Waals surface area contributed by atoms with Gasteiger partial charge in [0.15, 0.2) is 0 Å². The molecule has 2 aromatic rings. The fourth-order valence-corrected chi connectivity index (χ4v) is 1.79. The lowest BCUT2D eigenvalue weighted by Gasteiger charge is -2.06. The van der Waals surface area contributed by atoms with Gasteiger partial charge in [0.25, 0.3) is 0 Å². The van der Waals surface area contributed by atoms with Crippen LogP contribution in [0.25, 0.3) is 10.8 Å². The Labute approximate surface area is 90.9 Å². The van der Waals surface area contributed by atoms with E-state index in [2.05, 4.69) is 49.4 Å². The van der Waals surface area contributed by atoms with Crippen molar-refractivity contribution in [3.63, 3.8) is 0 Å². The first-order valence-corrected chi connectivity index (χ1v) is 5.49. The Morgan fingerprint density at radius 1 is 1.07 bits per heavy atom. The van der Waals surface area contributed by atoms with Crippen molar-refractivity contribution in [2.24, 2.45) is 5.73 Å². The van der Waals surface area contributed by atoms with Crippen LogP contribution in [0.2, 0.25) is 0 Å². The molecule has 0 aliphatic rings. The second kappa shape index (κ2) is 4.45. The molecule has 1 nitrogen and oxygen atoms in total. The summed E-state index contributed by atoms with van der Waals surface area (Å²) in [7, 11) is 0. The van der Waals surface area contributed by atoms with E-state index in [1.807, 2.05) is 0 Å². The standard InChI is InChI=1S/C14H17N/c1-11(15)6-7-12-8-9-13-4-2-3-5-14(13)10-12/h2-5,8-11H,6-7,15H2,1H3/t11-/m1/s1. The van der Waals surface area contributed by atoms with Crippen molar-refractivity contribution in [2.75, 3.05) is 0 Å². The smallest absolute Gasteiger partial charge is 0.00136 e. The highest BCUT2D eigenvalue weighted by Crippen LogP contribution is 2.16. The Morgan fingerprint density at radius 2 is 1.80 bits per heavy atom. The monoisotopic (exact) mass is 199 g/mol. The molecule has 1 atom stereocenters. The van der Waals surface area contributed by atoms with E-state index in [9.17, 15) is 0 Å². The zero-order valence-corrected chi connectivity index (χ0v) is 9.11. The normalized spacial score (nSPS) is 12.9. The third kappa shape index (κ3) is 2.57. The van der Waals surface area contributed by atoms with Gasteiger partial charge in [0, 0.05) is 6.04 Å². The Hall–Kier alpha value is -1.34. The summed E-state index contributed by atoms with van der Waals surface area (Å²) in [6.07, 6.45) is 2.13. The predicted octanol–water partition coefficient (Wildman–Crippen LogP) is 3.12. The maximum absolute atomic E-state index is 5.75. The molecule has 0 spiro atoms. The summed E-state index contributed by atoms with van der Waals surface area (Å²) in [4.78, 5) is 0. The Morgan fingerprint density at radius 3 is 2.53 bits per heavy atom. The van der Waals surface area contributed by atoms with Crippen LogP contribution < -0.4 is 5.73 Å². The molecule has 0 saturated heterocycles. The Bertz CT molecular complexity index is 446. The molecular weight excluding hydrogens is 182 g/mol. The average molecular weight is 199 g/mol. The van der Waals surface area contributed by atoms with Gasteiger partial charge in [-0.25, -0.2) is 0 Å². The van der Waals surface area contributed by atoms with Gasteiger partial charge < -0.3 is 5.73 Å². The van der Waals surface area contributed by atoms with Crippen LogP contribution in [0.1, 0.15) is 18.9 Å². The zero-order chi connectivity index (χ0) is 10.7. The van der Waals surface area contributed by atoms with Gasteiger partial charge in [-0.2, -0.15) is 0 Å². The highest BCUT2D eigenvalue weighted by molar-refractivity contribution is 5.82. The van der Waals surface area contributed by atoms with Crippen LogP contribution in [0.15, 0.2) is 42.5 Å². The molecular formula is C14H17N. The molecule has 0 unspecified atom stereocenters. The van der Waals surface area contributed by atoms with Crippen molar-refractivity contribution in [1.82, 2.24) is 0 Å². The van der Waals surface area contributed by atoms with Crippen LogP contribution in [0.5, 0.6) is 0 Å². The molecule has 2 rings (SSSR count). The molecule has 78 valence electrons. The molecule has 0 fully saturated rings. The van der Waals surface area contributed by atoms with Gasteiger partial charge in [-0.05, 0) is 36.1 Å². The number of hydrogen-bond acceptors (Lipinski definition) is 1. The number of fused-ring (bicyclic) bond motifs is 1. The molecule has 0 aromatic heterocycles. The summed E-state index contributed by atoms with van der Waals surface area (Å²) in [5.41, 5.74) is 7.13. The SMILES string of the molecule is C[C@@H](N)CCc1ccc2ccccc2c1. The van der Waals surface area contributed by atoms with Gasteiger partial charge in [-0.3, -0.25) is 0 Å². The highest BCUT2D eigenvalue weighted by atomic mass is 14.6. The number of nitrogens with two attached hydrogens (primary N) is 1. The van der Waals surface area contributed by atoms with Crippen LogP contribution in [0.4, 0.5) is 0 Å². The van der Waals surface area contributed by atoms with Crippen LogP contribution in [0.3, 0.4) is 0 Å². The van der Waals surface area contributed by atoms with E-state index >= 15 is 0 Å². The first-order chi connectivity index (χ1) is 7.25. The molecule has 0 radical (unpaired) electrons. The summed E-state index contributed by atoms with van der Waals surface area (Å²) in [6, 6.07) is 15.4. The topological polar surface area (TPSA) is 26.0 Å². The number of aryl methyl sites for hydroxylation is 1. The van der Waals surface area contributed by atoms with Crippen molar-refractivity contribution < 1.29 is 0 Å². The maximum Gasteiger partial charge on any atom is 0.00136 e. The van der Waals surface area contributed by atoms with Gasteiger partial charge in [-0.15, -0.1) is 0 Å². The van der Waals surface area contributed by atoms with E-state index in [0.29, 0.717) is 0 Å². The first kappa shape index (κ1) is 10.2. The van der Waals surface area contributed by atoms with Gasteiger partial charge in [0.1, 0.15) is 0 Å². The van der Waals surface area contributed by atoms with E-state index < -0.39 is 0 Å². The Balaban J connectivity index is 2.23. The van der Waals surface area contributed by atoms with E-state index in [1.165, 1.54) is 16.3 Å². The molecule has 0 aliphatic heterocycles. The minimum Gasteiger partial charge on any atom is -0.328 e. The van der Waals surface area contributed by atoms with E-state index in [1.54, 1.807) is 0 Å². The van der Waals surface area contributed by atoms with Crippen molar-refractivity contribution in [2.45, 2.75) is 25.8 Å². The van der Waals surface area contributed by atoms with Crippen LogP contribution in [-0.4, -0.2) is 6.04 Å². The molecule has 2 N–H and O–H groups in total. The Kier molecular flexibility index (Phi) is 3.02. The first-order valence-electron chi connectivity index (χ1n) is 5.49. The molecule has 0 bridgehead atoms. The minimum atomic E-state index is 0.288. The van der Waals surface area contributed by atoms with E-state index in [-0.39, 0.29) is 6.04 Å².